The van der Waals surface area contributed by atoms with Crippen molar-refractivity contribution < 1.29 is 14.6 Å². The molecule has 0 atom stereocenters. The number of benzene rings is 1. The lowest BCUT2D eigenvalue weighted by Gasteiger charge is -2.07. The number of aromatic hydroxyl groups is 1. The van der Waals surface area contributed by atoms with E-state index in [9.17, 15) is 9.90 Å². The van der Waals surface area contributed by atoms with Crippen LogP contribution in [-0.2, 0) is 11.3 Å². The fourth-order valence-corrected chi connectivity index (χ4v) is 1.53. The molecule has 98 valence electrons. The number of hydrogen-bond acceptors (Lipinski definition) is 4. The van der Waals surface area contributed by atoms with Crippen LogP contribution in [0.25, 0.3) is 0 Å². The molecule has 1 aromatic carbocycles. The van der Waals surface area contributed by atoms with Gasteiger partial charge >= 0.3 is 6.09 Å². The predicted octanol–water partition coefficient (Wildman–Crippen LogP) is 3.19. The summed E-state index contributed by atoms with van der Waals surface area (Å²) in [7, 11) is 0. The van der Waals surface area contributed by atoms with E-state index >= 15 is 0 Å². The maximum Gasteiger partial charge on any atom is 0.413 e. The van der Waals surface area contributed by atoms with Gasteiger partial charge in [-0.05, 0) is 5.56 Å². The molecule has 1 heterocycles. The molecule has 0 bridgehead atoms. The first kappa shape index (κ1) is 13.2. The molecule has 6 heteroatoms. The van der Waals surface area contributed by atoms with E-state index < -0.39 is 6.09 Å². The van der Waals surface area contributed by atoms with Crippen molar-refractivity contribution in [3.05, 3.63) is 53.2 Å². The fourth-order valence-electron chi connectivity index (χ4n) is 1.38. The minimum Gasteiger partial charge on any atom is -0.504 e. The zero-order chi connectivity index (χ0) is 13.7. The van der Waals surface area contributed by atoms with Gasteiger partial charge in [0.1, 0.15) is 6.61 Å². The summed E-state index contributed by atoms with van der Waals surface area (Å²) in [6.07, 6.45) is 0.614. The highest BCUT2D eigenvalue weighted by atomic mass is 35.5. The molecule has 1 amide bonds. The Kier molecular flexibility index (Phi) is 4.20. The van der Waals surface area contributed by atoms with Crippen LogP contribution in [0.4, 0.5) is 10.6 Å². The van der Waals surface area contributed by atoms with Crippen LogP contribution in [0, 0.1) is 0 Å². The average molecular weight is 279 g/mol. The molecule has 0 saturated carbocycles. The summed E-state index contributed by atoms with van der Waals surface area (Å²) in [5, 5.41) is 12.1. The summed E-state index contributed by atoms with van der Waals surface area (Å²) < 4.78 is 4.98. The first-order valence-electron chi connectivity index (χ1n) is 5.47. The largest absolute Gasteiger partial charge is 0.504 e. The first-order chi connectivity index (χ1) is 9.15. The molecule has 0 aliphatic carbocycles. The number of carbonyl (C=O) groups excluding carboxylic acids is 1. The van der Waals surface area contributed by atoms with Crippen molar-refractivity contribution in [3.8, 4) is 5.75 Å². The van der Waals surface area contributed by atoms with Gasteiger partial charge in [-0.3, -0.25) is 5.32 Å². The molecule has 19 heavy (non-hydrogen) atoms. The molecule has 0 spiro atoms. The molecular weight excluding hydrogens is 268 g/mol. The number of nitrogens with one attached hydrogen (secondary N) is 1. The van der Waals surface area contributed by atoms with Gasteiger partial charge in [-0.25, -0.2) is 9.78 Å². The van der Waals surface area contributed by atoms with Gasteiger partial charge in [-0.2, -0.15) is 0 Å². The van der Waals surface area contributed by atoms with Crippen molar-refractivity contribution in [2.24, 2.45) is 0 Å². The monoisotopic (exact) mass is 278 g/mol. The maximum absolute atomic E-state index is 11.5. The number of nitrogens with zero attached hydrogens (tertiary/aromatic N) is 1. The molecule has 2 rings (SSSR count). The topological polar surface area (TPSA) is 71.5 Å². The second-order valence-corrected chi connectivity index (χ2v) is 4.14. The molecule has 1 aromatic heterocycles. The summed E-state index contributed by atoms with van der Waals surface area (Å²) in [6.45, 7) is 0.140. The highest BCUT2D eigenvalue weighted by molar-refractivity contribution is 6.30. The standard InChI is InChI=1S/C13H11ClN2O3/c14-10-6-11(17)12(15-7-10)16-13(18)19-8-9-4-2-1-3-5-9/h1-7,17H,8H2,(H,15,16,18). The van der Waals surface area contributed by atoms with Gasteiger partial charge in [0.25, 0.3) is 0 Å². The Morgan fingerprint density at radius 2 is 2.11 bits per heavy atom. The van der Waals surface area contributed by atoms with Crippen molar-refractivity contribution in [1.82, 2.24) is 4.98 Å². The third-order valence-electron chi connectivity index (χ3n) is 2.27. The van der Waals surface area contributed by atoms with E-state index in [0.717, 1.165) is 5.56 Å². The Labute approximate surface area is 114 Å². The molecule has 2 aromatic rings. The molecule has 0 radical (unpaired) electrons. The SMILES string of the molecule is O=C(Nc1ncc(Cl)cc1O)OCc1ccccc1. The Balaban J connectivity index is 1.91. The lowest BCUT2D eigenvalue weighted by Crippen LogP contribution is -2.14. The Hall–Kier alpha value is -2.27. The fraction of sp³-hybridized carbons (Fsp3) is 0.0769. The summed E-state index contributed by atoms with van der Waals surface area (Å²) in [4.78, 5) is 15.3. The second kappa shape index (κ2) is 6.06. The number of anilines is 1. The number of rotatable bonds is 3. The van der Waals surface area contributed by atoms with Crippen molar-refractivity contribution in [2.45, 2.75) is 6.61 Å². The van der Waals surface area contributed by atoms with Gasteiger partial charge in [-0.15, -0.1) is 0 Å². The Bertz CT molecular complexity index is 575. The zero-order valence-corrected chi connectivity index (χ0v) is 10.6. The van der Waals surface area contributed by atoms with E-state index in [1.165, 1.54) is 12.3 Å². The number of carbonyl (C=O) groups is 1. The number of hydrogen-bond donors (Lipinski definition) is 2. The number of pyridine rings is 1. The van der Waals surface area contributed by atoms with Crippen LogP contribution < -0.4 is 5.32 Å². The van der Waals surface area contributed by atoms with Crippen LogP contribution in [0.3, 0.4) is 0 Å². The Morgan fingerprint density at radius 3 is 2.79 bits per heavy atom. The van der Waals surface area contributed by atoms with E-state index in [-0.39, 0.29) is 23.2 Å². The average Bonchev–Trinajstić information content (AvgIpc) is 2.41. The molecule has 0 fully saturated rings. The van der Waals surface area contributed by atoms with E-state index in [0.29, 0.717) is 0 Å². The van der Waals surface area contributed by atoms with Crippen LogP contribution in [0.15, 0.2) is 42.6 Å². The molecule has 5 nitrogen and oxygen atoms in total. The third-order valence-corrected chi connectivity index (χ3v) is 2.47. The van der Waals surface area contributed by atoms with E-state index in [1.54, 1.807) is 0 Å². The minimum absolute atomic E-state index is 0.00228. The zero-order valence-electron chi connectivity index (χ0n) is 9.84. The lowest BCUT2D eigenvalue weighted by molar-refractivity contribution is 0.155. The van der Waals surface area contributed by atoms with Crippen LogP contribution in [-0.4, -0.2) is 16.2 Å². The second-order valence-electron chi connectivity index (χ2n) is 3.71. The molecular formula is C13H11ClN2O3. The van der Waals surface area contributed by atoms with Crippen molar-refractivity contribution >= 4 is 23.5 Å². The molecule has 2 N–H and O–H groups in total. The summed E-state index contributed by atoms with van der Waals surface area (Å²) in [5.41, 5.74) is 0.867. The van der Waals surface area contributed by atoms with Crippen LogP contribution in [0.5, 0.6) is 5.75 Å². The molecule has 0 unspecified atom stereocenters. The molecule has 0 aliphatic heterocycles. The molecule has 0 aliphatic rings. The van der Waals surface area contributed by atoms with Gasteiger partial charge < -0.3 is 9.84 Å². The van der Waals surface area contributed by atoms with E-state index in [2.05, 4.69) is 10.3 Å². The number of amides is 1. The van der Waals surface area contributed by atoms with Gasteiger partial charge in [0.05, 0.1) is 5.02 Å². The van der Waals surface area contributed by atoms with Crippen LogP contribution in [0.1, 0.15) is 5.56 Å². The van der Waals surface area contributed by atoms with Crippen LogP contribution >= 0.6 is 11.6 Å². The summed E-state index contributed by atoms with van der Waals surface area (Å²) in [5.74, 6) is -0.216. The molecule has 0 saturated heterocycles. The van der Waals surface area contributed by atoms with Crippen LogP contribution in [0.2, 0.25) is 5.02 Å². The Morgan fingerprint density at radius 1 is 1.37 bits per heavy atom. The third kappa shape index (κ3) is 3.86. The van der Waals surface area contributed by atoms with Gasteiger partial charge in [0.2, 0.25) is 0 Å². The van der Waals surface area contributed by atoms with Crippen molar-refractivity contribution in [2.75, 3.05) is 5.32 Å². The maximum atomic E-state index is 11.5. The predicted molar refractivity (Wildman–Crippen MR) is 71.2 cm³/mol. The smallest absolute Gasteiger partial charge is 0.413 e. The number of aromatic nitrogens is 1. The quantitative estimate of drug-likeness (QED) is 0.904. The highest BCUT2D eigenvalue weighted by Crippen LogP contribution is 2.23. The van der Waals surface area contributed by atoms with Crippen molar-refractivity contribution in [1.29, 1.82) is 0 Å². The van der Waals surface area contributed by atoms with Gasteiger partial charge in [-0.1, -0.05) is 41.9 Å². The number of halogens is 1. The van der Waals surface area contributed by atoms with Crippen molar-refractivity contribution in [3.63, 3.8) is 0 Å². The highest BCUT2D eigenvalue weighted by Gasteiger charge is 2.09. The lowest BCUT2D eigenvalue weighted by atomic mass is 10.2. The minimum atomic E-state index is -0.700. The normalized spacial score (nSPS) is 9.95. The van der Waals surface area contributed by atoms with Gasteiger partial charge in [0.15, 0.2) is 11.6 Å². The summed E-state index contributed by atoms with van der Waals surface area (Å²) >= 11 is 5.63. The number of ether oxygens (including phenoxy) is 1. The van der Waals surface area contributed by atoms with E-state index in [1.807, 2.05) is 30.3 Å². The van der Waals surface area contributed by atoms with E-state index in [4.69, 9.17) is 16.3 Å². The van der Waals surface area contributed by atoms with Gasteiger partial charge in [0, 0.05) is 12.3 Å². The first-order valence-corrected chi connectivity index (χ1v) is 5.85. The summed E-state index contributed by atoms with van der Waals surface area (Å²) in [6, 6.07) is 10.5.